The fraction of sp³-hybridized carbons (Fsp3) is 0.556. The highest BCUT2D eigenvalue weighted by atomic mass is 16.5. The smallest absolute Gasteiger partial charge is 0.320 e. The Kier molecular flexibility index (Phi) is 6.60. The van der Waals surface area contributed by atoms with E-state index in [1.807, 2.05) is 0 Å². The molecule has 0 unspecified atom stereocenters. The van der Waals surface area contributed by atoms with E-state index in [-0.39, 0.29) is 5.41 Å². The van der Waals surface area contributed by atoms with Crippen LogP contribution in [0.5, 0.6) is 0 Å². The van der Waals surface area contributed by atoms with Crippen LogP contribution in [0, 0.1) is 5.92 Å². The van der Waals surface area contributed by atoms with Gasteiger partial charge in [0.05, 0.1) is 14.2 Å². The average molecular weight is 306 g/mol. The number of carbonyl (C=O) groups excluding carboxylic acids is 2. The van der Waals surface area contributed by atoms with Gasteiger partial charge in [-0.25, -0.2) is 0 Å². The molecule has 0 bridgehead atoms. The number of benzene rings is 1. The normalized spacial score (nSPS) is 11.4. The van der Waals surface area contributed by atoms with Gasteiger partial charge in [-0.3, -0.25) is 9.59 Å². The van der Waals surface area contributed by atoms with Gasteiger partial charge in [-0.1, -0.05) is 45.0 Å². The first kappa shape index (κ1) is 18.2. The highest BCUT2D eigenvalue weighted by Crippen LogP contribution is 2.23. The van der Waals surface area contributed by atoms with Crippen LogP contribution >= 0.6 is 0 Å². The van der Waals surface area contributed by atoms with Crippen LogP contribution < -0.4 is 0 Å². The minimum absolute atomic E-state index is 0.138. The molecule has 0 aliphatic rings. The molecule has 1 aromatic carbocycles. The molecule has 0 aliphatic carbocycles. The summed E-state index contributed by atoms with van der Waals surface area (Å²) in [4.78, 5) is 23.2. The summed E-state index contributed by atoms with van der Waals surface area (Å²) in [5.41, 5.74) is 2.62. The van der Waals surface area contributed by atoms with E-state index < -0.39 is 17.9 Å². The van der Waals surface area contributed by atoms with Gasteiger partial charge in [-0.2, -0.15) is 0 Å². The average Bonchev–Trinajstić information content (AvgIpc) is 2.49. The van der Waals surface area contributed by atoms with Crippen molar-refractivity contribution in [1.29, 1.82) is 0 Å². The zero-order chi connectivity index (χ0) is 16.8. The lowest BCUT2D eigenvalue weighted by molar-refractivity contribution is -0.159. The first-order valence-electron chi connectivity index (χ1n) is 7.54. The number of esters is 2. The third-order valence-electron chi connectivity index (χ3n) is 3.75. The Hall–Kier alpha value is -1.84. The largest absolute Gasteiger partial charge is 0.468 e. The molecule has 0 heterocycles. The van der Waals surface area contributed by atoms with E-state index in [1.165, 1.54) is 25.3 Å². The van der Waals surface area contributed by atoms with Gasteiger partial charge in [0.15, 0.2) is 5.92 Å². The quantitative estimate of drug-likeness (QED) is 0.598. The summed E-state index contributed by atoms with van der Waals surface area (Å²) in [7, 11) is 2.56. The van der Waals surface area contributed by atoms with Crippen molar-refractivity contribution >= 4 is 11.9 Å². The number of carbonyl (C=O) groups is 2. The first-order chi connectivity index (χ1) is 10.3. The number of hydrogen-bond acceptors (Lipinski definition) is 4. The molecule has 0 saturated carbocycles. The zero-order valence-electron chi connectivity index (χ0n) is 14.1. The third-order valence-corrected chi connectivity index (χ3v) is 3.75. The second kappa shape index (κ2) is 7.97. The van der Waals surface area contributed by atoms with Crippen molar-refractivity contribution in [1.82, 2.24) is 0 Å². The Morgan fingerprint density at radius 2 is 1.50 bits per heavy atom. The fourth-order valence-electron chi connectivity index (χ4n) is 2.30. The van der Waals surface area contributed by atoms with Crippen molar-refractivity contribution in [3.8, 4) is 0 Å². The second-order valence-corrected chi connectivity index (χ2v) is 6.44. The summed E-state index contributed by atoms with van der Waals surface area (Å²) < 4.78 is 9.30. The Morgan fingerprint density at radius 3 is 1.91 bits per heavy atom. The first-order valence-corrected chi connectivity index (χ1v) is 7.54. The van der Waals surface area contributed by atoms with Gasteiger partial charge in [0.1, 0.15) is 0 Å². The molecule has 0 atom stereocenters. The summed E-state index contributed by atoms with van der Waals surface area (Å²) in [6.45, 7) is 6.54. The molecule has 0 radical (unpaired) electrons. The molecule has 122 valence electrons. The van der Waals surface area contributed by atoms with Crippen molar-refractivity contribution in [2.75, 3.05) is 14.2 Å². The van der Waals surface area contributed by atoms with Crippen LogP contribution in [0.3, 0.4) is 0 Å². The minimum atomic E-state index is -0.830. The molecule has 1 rings (SSSR count). The van der Waals surface area contributed by atoms with Gasteiger partial charge in [-0.05, 0) is 35.8 Å². The van der Waals surface area contributed by atoms with Crippen molar-refractivity contribution in [2.24, 2.45) is 5.92 Å². The van der Waals surface area contributed by atoms with Crippen LogP contribution in [0.15, 0.2) is 24.3 Å². The molecule has 4 heteroatoms. The Labute approximate surface area is 132 Å². The van der Waals surface area contributed by atoms with E-state index in [4.69, 9.17) is 0 Å². The molecule has 4 nitrogen and oxygen atoms in total. The number of aryl methyl sites for hydroxylation is 1. The van der Waals surface area contributed by atoms with E-state index >= 15 is 0 Å². The minimum Gasteiger partial charge on any atom is -0.468 e. The summed E-state index contributed by atoms with van der Waals surface area (Å²) in [6.07, 6.45) is 1.97. The van der Waals surface area contributed by atoms with Crippen molar-refractivity contribution in [2.45, 2.75) is 45.4 Å². The van der Waals surface area contributed by atoms with Gasteiger partial charge in [0, 0.05) is 0 Å². The maximum Gasteiger partial charge on any atom is 0.320 e. The summed E-state index contributed by atoms with van der Waals surface area (Å²) in [6, 6.07) is 8.47. The Morgan fingerprint density at radius 1 is 1.00 bits per heavy atom. The van der Waals surface area contributed by atoms with Gasteiger partial charge >= 0.3 is 11.9 Å². The fourth-order valence-corrected chi connectivity index (χ4v) is 2.30. The predicted molar refractivity (Wildman–Crippen MR) is 85.6 cm³/mol. The van der Waals surface area contributed by atoms with E-state index in [2.05, 4.69) is 54.5 Å². The number of methoxy groups -OCH3 is 2. The molecule has 22 heavy (non-hydrogen) atoms. The molecule has 0 fully saturated rings. The van der Waals surface area contributed by atoms with E-state index in [0.717, 1.165) is 12.8 Å². The molecule has 0 aliphatic heterocycles. The molecule has 0 N–H and O–H groups in total. The summed E-state index contributed by atoms with van der Waals surface area (Å²) >= 11 is 0. The predicted octanol–water partition coefficient (Wildman–Crippen LogP) is 3.27. The molecular formula is C18H26O4. The van der Waals surface area contributed by atoms with Crippen LogP contribution in [-0.2, 0) is 30.9 Å². The van der Waals surface area contributed by atoms with Crippen molar-refractivity contribution < 1.29 is 19.1 Å². The second-order valence-electron chi connectivity index (χ2n) is 6.44. The number of hydrogen-bond donors (Lipinski definition) is 0. The lowest BCUT2D eigenvalue weighted by Gasteiger charge is -2.19. The Bertz CT molecular complexity index is 481. The maximum absolute atomic E-state index is 11.6. The van der Waals surface area contributed by atoms with Crippen LogP contribution in [0.4, 0.5) is 0 Å². The zero-order valence-corrected chi connectivity index (χ0v) is 14.1. The van der Waals surface area contributed by atoms with Crippen LogP contribution in [0.2, 0.25) is 0 Å². The van der Waals surface area contributed by atoms with Crippen molar-refractivity contribution in [3.05, 3.63) is 35.4 Å². The van der Waals surface area contributed by atoms with Gasteiger partial charge in [0.2, 0.25) is 0 Å². The van der Waals surface area contributed by atoms with Gasteiger partial charge in [0.25, 0.3) is 0 Å². The summed E-state index contributed by atoms with van der Waals surface area (Å²) in [5.74, 6) is -1.89. The van der Waals surface area contributed by atoms with Crippen LogP contribution in [0.1, 0.15) is 44.7 Å². The monoisotopic (exact) mass is 306 g/mol. The highest BCUT2D eigenvalue weighted by Gasteiger charge is 2.27. The molecule has 0 amide bonds. The van der Waals surface area contributed by atoms with Crippen molar-refractivity contribution in [3.63, 3.8) is 0 Å². The van der Waals surface area contributed by atoms with Gasteiger partial charge < -0.3 is 9.47 Å². The van der Waals surface area contributed by atoms with Crippen LogP contribution in [0.25, 0.3) is 0 Å². The van der Waals surface area contributed by atoms with Gasteiger partial charge in [-0.15, -0.1) is 0 Å². The maximum atomic E-state index is 11.6. The number of ether oxygens (including phenoxy) is 2. The standard InChI is InChI=1S/C18H26O4/c1-18(2,3)14-11-9-13(10-12-14)7-6-8-15(16(19)21-4)17(20)22-5/h9-12,15H,6-8H2,1-5H3. The lowest BCUT2D eigenvalue weighted by Crippen LogP contribution is -2.26. The molecule has 0 saturated heterocycles. The molecule has 0 aromatic heterocycles. The SMILES string of the molecule is COC(=O)C(CCCc1ccc(C(C)(C)C)cc1)C(=O)OC. The number of rotatable bonds is 6. The highest BCUT2D eigenvalue weighted by molar-refractivity contribution is 5.94. The van der Waals surface area contributed by atoms with Crippen LogP contribution in [-0.4, -0.2) is 26.2 Å². The molecule has 0 spiro atoms. The lowest BCUT2D eigenvalue weighted by atomic mass is 9.86. The molecular weight excluding hydrogens is 280 g/mol. The Balaban J connectivity index is 2.58. The van der Waals surface area contributed by atoms with E-state index in [0.29, 0.717) is 6.42 Å². The summed E-state index contributed by atoms with van der Waals surface area (Å²) in [5, 5.41) is 0. The topological polar surface area (TPSA) is 52.6 Å². The third kappa shape index (κ3) is 5.17. The van der Waals surface area contributed by atoms with E-state index in [1.54, 1.807) is 0 Å². The van der Waals surface area contributed by atoms with E-state index in [9.17, 15) is 9.59 Å². The molecule has 1 aromatic rings.